The highest BCUT2D eigenvalue weighted by molar-refractivity contribution is 6.33. The first-order valence-corrected chi connectivity index (χ1v) is 8.39. The minimum Gasteiger partial charge on any atom is -0.390 e. The van der Waals surface area contributed by atoms with Crippen LogP contribution in [0.4, 0.5) is 5.69 Å². The maximum absolute atomic E-state index is 10.4. The van der Waals surface area contributed by atoms with E-state index in [2.05, 4.69) is 24.8 Å². The quantitative estimate of drug-likeness (QED) is 0.906. The van der Waals surface area contributed by atoms with Gasteiger partial charge in [0.15, 0.2) is 0 Å². The number of halogens is 1. The molecule has 0 radical (unpaired) electrons. The molecule has 1 aromatic rings. The second-order valence-electron chi connectivity index (χ2n) is 6.77. The topological polar surface area (TPSA) is 47.3 Å². The van der Waals surface area contributed by atoms with Gasteiger partial charge in [0, 0.05) is 24.2 Å². The average molecular weight is 321 g/mol. The van der Waals surface area contributed by atoms with Crippen LogP contribution in [0, 0.1) is 17.2 Å². The van der Waals surface area contributed by atoms with Gasteiger partial charge in [-0.05, 0) is 51.3 Å². The molecule has 2 unspecified atom stereocenters. The fourth-order valence-corrected chi connectivity index (χ4v) is 3.97. The summed E-state index contributed by atoms with van der Waals surface area (Å²) in [6.07, 6.45) is 2.81. The van der Waals surface area contributed by atoms with Crippen molar-refractivity contribution in [1.82, 2.24) is 0 Å². The monoisotopic (exact) mass is 320 g/mol. The normalized spacial score (nSPS) is 22.0. The summed E-state index contributed by atoms with van der Waals surface area (Å²) in [6, 6.07) is 6.23. The van der Waals surface area contributed by atoms with Crippen molar-refractivity contribution in [3.05, 3.63) is 28.3 Å². The van der Waals surface area contributed by atoms with E-state index in [9.17, 15) is 10.4 Å². The summed E-state index contributed by atoms with van der Waals surface area (Å²) in [5.74, 6) is 0.233. The molecular formula is C18H25ClN2O. The Balaban J connectivity index is 2.41. The predicted octanol–water partition coefficient (Wildman–Crippen LogP) is 4.15. The van der Waals surface area contributed by atoms with Gasteiger partial charge in [-0.2, -0.15) is 5.26 Å². The molecule has 1 fully saturated rings. The molecule has 0 spiro atoms. The summed E-state index contributed by atoms with van der Waals surface area (Å²) in [5, 5.41) is 20.1. The molecule has 1 saturated heterocycles. The van der Waals surface area contributed by atoms with Crippen LogP contribution in [0.5, 0.6) is 0 Å². The third kappa shape index (κ3) is 3.09. The number of hydrogen-bond donors (Lipinski definition) is 1. The fourth-order valence-electron chi connectivity index (χ4n) is 3.68. The fraction of sp³-hybridized carbons (Fsp3) is 0.611. The van der Waals surface area contributed by atoms with Crippen molar-refractivity contribution < 1.29 is 5.11 Å². The SMILES string of the molecule is CCCc1c(N2CCC(C(C)(C)O)C2C)ccc(C#N)c1Cl. The highest BCUT2D eigenvalue weighted by atomic mass is 35.5. The van der Waals surface area contributed by atoms with Crippen molar-refractivity contribution in [2.75, 3.05) is 11.4 Å². The van der Waals surface area contributed by atoms with E-state index in [1.54, 1.807) is 6.07 Å². The van der Waals surface area contributed by atoms with Crippen LogP contribution in [0.15, 0.2) is 12.1 Å². The number of benzene rings is 1. The van der Waals surface area contributed by atoms with Crippen molar-refractivity contribution in [3.8, 4) is 6.07 Å². The van der Waals surface area contributed by atoms with Crippen LogP contribution in [-0.2, 0) is 6.42 Å². The zero-order chi connectivity index (χ0) is 16.5. The Bertz CT molecular complexity index is 586. The summed E-state index contributed by atoms with van der Waals surface area (Å²) in [4.78, 5) is 2.33. The van der Waals surface area contributed by atoms with Gasteiger partial charge in [0.2, 0.25) is 0 Å². The zero-order valence-electron chi connectivity index (χ0n) is 13.9. The van der Waals surface area contributed by atoms with E-state index in [0.717, 1.165) is 37.1 Å². The molecule has 22 heavy (non-hydrogen) atoms. The van der Waals surface area contributed by atoms with Gasteiger partial charge in [0.05, 0.1) is 16.2 Å². The van der Waals surface area contributed by atoms with Gasteiger partial charge >= 0.3 is 0 Å². The molecule has 3 nitrogen and oxygen atoms in total. The first kappa shape index (κ1) is 17.1. The number of nitrogens with zero attached hydrogens (tertiary/aromatic N) is 2. The third-order valence-corrected chi connectivity index (χ3v) is 5.24. The molecule has 0 bridgehead atoms. The van der Waals surface area contributed by atoms with E-state index in [1.807, 2.05) is 19.9 Å². The molecule has 2 rings (SSSR count). The molecule has 4 heteroatoms. The van der Waals surface area contributed by atoms with Crippen molar-refractivity contribution in [1.29, 1.82) is 5.26 Å². The van der Waals surface area contributed by atoms with E-state index < -0.39 is 5.60 Å². The van der Waals surface area contributed by atoms with Gasteiger partial charge in [0.25, 0.3) is 0 Å². The molecule has 120 valence electrons. The Morgan fingerprint density at radius 2 is 2.14 bits per heavy atom. The molecule has 1 N–H and O–H groups in total. The van der Waals surface area contributed by atoms with Crippen LogP contribution < -0.4 is 4.90 Å². The van der Waals surface area contributed by atoms with Gasteiger partial charge in [0.1, 0.15) is 6.07 Å². The first-order chi connectivity index (χ1) is 10.3. The molecule has 1 aromatic carbocycles. The largest absolute Gasteiger partial charge is 0.390 e. The van der Waals surface area contributed by atoms with E-state index in [1.165, 1.54) is 0 Å². The minimum atomic E-state index is -0.685. The molecule has 1 aliphatic heterocycles. The Hall–Kier alpha value is -1.24. The van der Waals surface area contributed by atoms with Crippen molar-refractivity contribution in [3.63, 3.8) is 0 Å². The summed E-state index contributed by atoms with van der Waals surface area (Å²) in [5.41, 5.74) is 2.03. The van der Waals surface area contributed by atoms with Crippen LogP contribution in [-0.4, -0.2) is 23.3 Å². The Kier molecular flexibility index (Phi) is 5.04. The summed E-state index contributed by atoms with van der Waals surface area (Å²) >= 11 is 6.45. The van der Waals surface area contributed by atoms with Gasteiger partial charge in [-0.15, -0.1) is 0 Å². The van der Waals surface area contributed by atoms with Crippen LogP contribution in [0.25, 0.3) is 0 Å². The molecule has 1 aliphatic rings. The smallest absolute Gasteiger partial charge is 0.101 e. The molecular weight excluding hydrogens is 296 g/mol. The van der Waals surface area contributed by atoms with E-state index >= 15 is 0 Å². The van der Waals surface area contributed by atoms with Crippen LogP contribution in [0.2, 0.25) is 5.02 Å². The van der Waals surface area contributed by atoms with E-state index in [0.29, 0.717) is 10.6 Å². The maximum atomic E-state index is 10.4. The van der Waals surface area contributed by atoms with Gasteiger partial charge in [-0.3, -0.25) is 0 Å². The molecule has 0 aliphatic carbocycles. The molecule has 0 saturated carbocycles. The van der Waals surface area contributed by atoms with Crippen LogP contribution >= 0.6 is 11.6 Å². The van der Waals surface area contributed by atoms with Crippen molar-refractivity contribution in [2.24, 2.45) is 5.92 Å². The second kappa shape index (κ2) is 6.48. The lowest BCUT2D eigenvalue weighted by atomic mass is 9.85. The first-order valence-electron chi connectivity index (χ1n) is 8.01. The molecule has 0 amide bonds. The third-order valence-electron chi connectivity index (χ3n) is 4.81. The number of anilines is 1. The molecule has 2 atom stereocenters. The predicted molar refractivity (Wildman–Crippen MR) is 91.4 cm³/mol. The van der Waals surface area contributed by atoms with Gasteiger partial charge in [-0.1, -0.05) is 24.9 Å². The zero-order valence-corrected chi connectivity index (χ0v) is 14.6. The standard InChI is InChI=1S/C18H25ClN2O/c1-5-6-14-16(8-7-13(11-20)17(14)19)21-10-9-15(12(21)2)18(3,4)22/h7-8,12,15,22H,5-6,9-10H2,1-4H3. The van der Waals surface area contributed by atoms with Crippen LogP contribution in [0.3, 0.4) is 0 Å². The average Bonchev–Trinajstić information content (AvgIpc) is 2.83. The Morgan fingerprint density at radius 3 is 2.64 bits per heavy atom. The van der Waals surface area contributed by atoms with E-state index in [-0.39, 0.29) is 12.0 Å². The second-order valence-corrected chi connectivity index (χ2v) is 7.15. The highest BCUT2D eigenvalue weighted by Crippen LogP contribution is 2.40. The lowest BCUT2D eigenvalue weighted by molar-refractivity contribution is 0.0156. The number of rotatable bonds is 4. The number of hydrogen-bond acceptors (Lipinski definition) is 3. The molecule has 1 heterocycles. The molecule has 0 aromatic heterocycles. The lowest BCUT2D eigenvalue weighted by Crippen LogP contribution is -2.40. The Labute approximate surface area is 138 Å². The highest BCUT2D eigenvalue weighted by Gasteiger charge is 2.40. The van der Waals surface area contributed by atoms with E-state index in [4.69, 9.17) is 11.6 Å². The summed E-state index contributed by atoms with van der Waals surface area (Å²) < 4.78 is 0. The minimum absolute atomic E-state index is 0.233. The van der Waals surface area contributed by atoms with Gasteiger partial charge in [-0.25, -0.2) is 0 Å². The Morgan fingerprint density at radius 1 is 1.45 bits per heavy atom. The van der Waals surface area contributed by atoms with Crippen LogP contribution in [0.1, 0.15) is 51.7 Å². The maximum Gasteiger partial charge on any atom is 0.101 e. The van der Waals surface area contributed by atoms with Crippen molar-refractivity contribution >= 4 is 17.3 Å². The number of aliphatic hydroxyl groups is 1. The summed E-state index contributed by atoms with van der Waals surface area (Å²) in [6.45, 7) is 8.96. The van der Waals surface area contributed by atoms with Gasteiger partial charge < -0.3 is 10.0 Å². The number of nitriles is 1. The van der Waals surface area contributed by atoms with Crippen molar-refractivity contribution in [2.45, 2.75) is 58.6 Å². The lowest BCUT2D eigenvalue weighted by Gasteiger charge is -2.34. The summed E-state index contributed by atoms with van der Waals surface area (Å²) in [7, 11) is 0.